The summed E-state index contributed by atoms with van der Waals surface area (Å²) >= 11 is 0. The Bertz CT molecular complexity index is 54.1. The van der Waals surface area contributed by atoms with E-state index < -0.39 is 0 Å². The van der Waals surface area contributed by atoms with Gasteiger partial charge in [0.15, 0.2) is 0 Å². The molecule has 0 saturated carbocycles. The molecule has 3 nitrogen and oxygen atoms in total. The van der Waals surface area contributed by atoms with Gasteiger partial charge in [-0.15, -0.1) is 0 Å². The Morgan fingerprint density at radius 2 is 2.29 bits per heavy atom. The Morgan fingerprint density at radius 3 is 2.71 bits per heavy atom. The highest BCUT2D eigenvalue weighted by Gasteiger charge is 1.75. The summed E-state index contributed by atoms with van der Waals surface area (Å²) in [5.41, 5.74) is 5.05. The van der Waals surface area contributed by atoms with E-state index in [4.69, 9.17) is 5.73 Å². The van der Waals surface area contributed by atoms with Gasteiger partial charge in [-0.2, -0.15) is 5.11 Å². The minimum absolute atomic E-state index is 0.396. The van der Waals surface area contributed by atoms with Crippen LogP contribution in [0.25, 0.3) is 0 Å². The summed E-state index contributed by atoms with van der Waals surface area (Å²) in [6.07, 6.45) is 0.702. The molecule has 0 bridgehead atoms. The van der Waals surface area contributed by atoms with E-state index in [1.54, 1.807) is 0 Å². The van der Waals surface area contributed by atoms with E-state index in [2.05, 4.69) is 5.11 Å². The van der Waals surface area contributed by atoms with Gasteiger partial charge in [-0.3, -0.25) is 0 Å². The third kappa shape index (κ3) is 5.49. The quantitative estimate of drug-likeness (QED) is 0.416. The zero-order valence-corrected chi connectivity index (χ0v) is 3.97. The number of nitrogens with zero attached hydrogens (tertiary/aromatic N) is 2. The maximum absolute atomic E-state index is 10.7. The average Bonchev–Trinajstić information content (AvgIpc) is 1.69. The topological polar surface area (TPSA) is 50.7 Å². The van der Waals surface area contributed by atoms with Crippen LogP contribution < -0.4 is 5.73 Å². The summed E-state index contributed by atoms with van der Waals surface area (Å²) in [7, 11) is 0. The summed E-state index contributed by atoms with van der Waals surface area (Å²) in [6, 6.07) is 0. The maximum atomic E-state index is 10.7. The van der Waals surface area contributed by atoms with Crippen LogP contribution in [0.5, 0.6) is 0 Å². The van der Waals surface area contributed by atoms with E-state index in [9.17, 15) is 4.48 Å². The molecular weight excluding hydrogens is 97.1 g/mol. The summed E-state index contributed by atoms with van der Waals surface area (Å²) in [5, 5.41) is 5.08. The Hall–Kier alpha value is -0.510. The normalized spacial score (nSPS) is 10.6. The maximum Gasteiger partial charge on any atom is 0.0640 e. The second kappa shape index (κ2) is 5.49. The van der Waals surface area contributed by atoms with Crippen molar-refractivity contribution in [1.29, 1.82) is 0 Å². The van der Waals surface area contributed by atoms with Crippen molar-refractivity contribution in [3.63, 3.8) is 0 Å². The second-order valence-corrected chi connectivity index (χ2v) is 1.08. The fraction of sp³-hybridized carbons (Fsp3) is 1.00. The molecule has 4 heteroatoms. The van der Waals surface area contributed by atoms with Gasteiger partial charge in [0, 0.05) is 5.34 Å². The zero-order chi connectivity index (χ0) is 5.54. The van der Waals surface area contributed by atoms with Crippen LogP contribution in [0, 0.1) is 0 Å². The highest BCUT2D eigenvalue weighted by atomic mass is 19.2. The molecule has 0 aromatic heterocycles. The average molecular weight is 105 g/mol. The lowest BCUT2D eigenvalue weighted by Crippen LogP contribution is -1.99. The van der Waals surface area contributed by atoms with Crippen LogP contribution >= 0.6 is 0 Å². The highest BCUT2D eigenvalue weighted by Crippen LogP contribution is 1.78. The number of hydrogen-bond donors (Lipinski definition) is 1. The van der Waals surface area contributed by atoms with Crippen LogP contribution in [0.4, 0.5) is 4.48 Å². The van der Waals surface area contributed by atoms with Gasteiger partial charge in [0.05, 0.1) is 6.54 Å². The van der Waals surface area contributed by atoms with E-state index in [-0.39, 0.29) is 0 Å². The molecule has 0 aromatic carbocycles. The van der Waals surface area contributed by atoms with Crippen molar-refractivity contribution in [2.24, 2.45) is 16.2 Å². The standard InChI is InChI=1S/C3H8FN3/c4-7-6-3-1-2-5/h1-3,5H2. The summed E-state index contributed by atoms with van der Waals surface area (Å²) in [6.45, 7) is 0.937. The Balaban J connectivity index is 2.69. The van der Waals surface area contributed by atoms with Crippen LogP contribution in [-0.2, 0) is 0 Å². The van der Waals surface area contributed by atoms with Gasteiger partial charge in [-0.25, -0.2) is 0 Å². The molecule has 7 heavy (non-hydrogen) atoms. The first kappa shape index (κ1) is 6.49. The Kier molecular flexibility index (Phi) is 5.09. The van der Waals surface area contributed by atoms with Gasteiger partial charge in [-0.1, -0.05) is 4.48 Å². The van der Waals surface area contributed by atoms with Crippen molar-refractivity contribution in [3.05, 3.63) is 0 Å². The molecule has 0 fully saturated rings. The van der Waals surface area contributed by atoms with Gasteiger partial charge >= 0.3 is 0 Å². The first-order valence-corrected chi connectivity index (χ1v) is 2.09. The summed E-state index contributed by atoms with van der Waals surface area (Å²) in [4.78, 5) is 0. The predicted octanol–water partition coefficient (Wildman–Crippen LogP) is 0.672. The van der Waals surface area contributed by atoms with Gasteiger partial charge in [0.25, 0.3) is 0 Å². The molecule has 0 aromatic rings. The Morgan fingerprint density at radius 1 is 1.57 bits per heavy atom. The number of nitrogens with two attached hydrogens (primary N) is 1. The molecule has 0 aliphatic carbocycles. The predicted molar refractivity (Wildman–Crippen MR) is 24.5 cm³/mol. The van der Waals surface area contributed by atoms with Crippen molar-refractivity contribution >= 4 is 0 Å². The first-order chi connectivity index (χ1) is 3.41. The molecule has 0 rings (SSSR count). The lowest BCUT2D eigenvalue weighted by Gasteiger charge is -1.82. The van der Waals surface area contributed by atoms with E-state index in [0.717, 1.165) is 0 Å². The molecule has 0 spiro atoms. The second-order valence-electron chi connectivity index (χ2n) is 1.08. The van der Waals surface area contributed by atoms with E-state index in [1.807, 2.05) is 5.34 Å². The Labute approximate surface area is 41.4 Å². The van der Waals surface area contributed by atoms with Crippen molar-refractivity contribution in [2.75, 3.05) is 13.1 Å². The van der Waals surface area contributed by atoms with Crippen molar-refractivity contribution in [1.82, 2.24) is 0 Å². The smallest absolute Gasteiger partial charge is 0.0640 e. The molecular formula is C3H8FN3. The number of halogens is 1. The molecule has 0 amide bonds. The van der Waals surface area contributed by atoms with Crippen molar-refractivity contribution in [3.8, 4) is 0 Å². The van der Waals surface area contributed by atoms with Crippen molar-refractivity contribution in [2.45, 2.75) is 6.42 Å². The van der Waals surface area contributed by atoms with Gasteiger partial charge in [-0.05, 0) is 13.0 Å². The molecule has 2 N–H and O–H groups in total. The van der Waals surface area contributed by atoms with Crippen LogP contribution in [0.15, 0.2) is 10.5 Å². The molecule has 0 aliphatic rings. The van der Waals surface area contributed by atoms with E-state index in [0.29, 0.717) is 19.5 Å². The molecule has 42 valence electrons. The van der Waals surface area contributed by atoms with Gasteiger partial charge < -0.3 is 5.73 Å². The molecule has 0 heterocycles. The monoisotopic (exact) mass is 105 g/mol. The van der Waals surface area contributed by atoms with Crippen LogP contribution in [-0.4, -0.2) is 13.1 Å². The van der Waals surface area contributed by atoms with Crippen LogP contribution in [0.2, 0.25) is 0 Å². The SMILES string of the molecule is NCCCN=NF. The summed E-state index contributed by atoms with van der Waals surface area (Å²) < 4.78 is 10.7. The van der Waals surface area contributed by atoms with Gasteiger partial charge in [0.2, 0.25) is 0 Å². The minimum Gasteiger partial charge on any atom is -0.330 e. The number of rotatable bonds is 3. The lowest BCUT2D eigenvalue weighted by atomic mass is 10.4. The van der Waals surface area contributed by atoms with Crippen LogP contribution in [0.3, 0.4) is 0 Å². The fourth-order valence-corrected chi connectivity index (χ4v) is 0.200. The van der Waals surface area contributed by atoms with Gasteiger partial charge in [0.1, 0.15) is 0 Å². The lowest BCUT2D eigenvalue weighted by molar-refractivity contribution is 0.474. The third-order valence-electron chi connectivity index (χ3n) is 0.516. The molecule has 0 saturated heterocycles. The fourth-order valence-electron chi connectivity index (χ4n) is 0.200. The van der Waals surface area contributed by atoms with Crippen LogP contribution in [0.1, 0.15) is 6.42 Å². The molecule has 0 radical (unpaired) electrons. The van der Waals surface area contributed by atoms with E-state index >= 15 is 0 Å². The first-order valence-electron chi connectivity index (χ1n) is 2.09. The number of hydrogen-bond acceptors (Lipinski definition) is 3. The summed E-state index contributed by atoms with van der Waals surface area (Å²) in [5.74, 6) is 0. The molecule has 0 aliphatic heterocycles. The van der Waals surface area contributed by atoms with E-state index in [1.165, 1.54) is 0 Å². The minimum atomic E-state index is 0.396. The molecule has 0 atom stereocenters. The zero-order valence-electron chi connectivity index (χ0n) is 3.97. The highest BCUT2D eigenvalue weighted by molar-refractivity contribution is 4.37. The molecule has 0 unspecified atom stereocenters. The largest absolute Gasteiger partial charge is 0.330 e. The third-order valence-corrected chi connectivity index (χ3v) is 0.516. The van der Waals surface area contributed by atoms with Crippen molar-refractivity contribution < 1.29 is 4.48 Å².